The number of benzene rings is 1. The van der Waals surface area contributed by atoms with E-state index in [-0.39, 0.29) is 29.8 Å². The average molecular weight is 379 g/mol. The van der Waals surface area contributed by atoms with Gasteiger partial charge in [-0.2, -0.15) is 0 Å². The largest absolute Gasteiger partial charge is 0.372 e. The van der Waals surface area contributed by atoms with Crippen molar-refractivity contribution in [2.75, 3.05) is 29.9 Å². The molecule has 2 amide bonds. The molecule has 27 heavy (non-hydrogen) atoms. The SMILES string of the molecule is CC(=O)NCCCCCC(=O)Nc1ccc(N2CC(C)OC(C)C2)c(F)c1. The van der Waals surface area contributed by atoms with Crippen LogP contribution in [0.2, 0.25) is 0 Å². The van der Waals surface area contributed by atoms with Gasteiger partial charge in [-0.25, -0.2) is 4.39 Å². The molecule has 0 aliphatic carbocycles. The lowest BCUT2D eigenvalue weighted by molar-refractivity contribution is -0.119. The molecule has 1 aromatic carbocycles. The van der Waals surface area contributed by atoms with Crippen molar-refractivity contribution in [3.05, 3.63) is 24.0 Å². The first-order valence-electron chi connectivity index (χ1n) is 9.59. The fraction of sp³-hybridized carbons (Fsp3) is 0.600. The summed E-state index contributed by atoms with van der Waals surface area (Å²) in [6, 6.07) is 4.82. The van der Waals surface area contributed by atoms with E-state index >= 15 is 0 Å². The lowest BCUT2D eigenvalue weighted by Gasteiger charge is -2.37. The van der Waals surface area contributed by atoms with E-state index in [0.717, 1.165) is 19.3 Å². The fourth-order valence-corrected chi connectivity index (χ4v) is 3.29. The zero-order chi connectivity index (χ0) is 19.8. The molecule has 2 atom stereocenters. The smallest absolute Gasteiger partial charge is 0.224 e. The molecule has 1 aromatic rings. The number of unbranched alkanes of at least 4 members (excludes halogenated alkanes) is 2. The summed E-state index contributed by atoms with van der Waals surface area (Å²) in [6.45, 7) is 7.36. The third-order valence-electron chi connectivity index (χ3n) is 4.45. The van der Waals surface area contributed by atoms with Crippen LogP contribution in [0.1, 0.15) is 46.5 Å². The van der Waals surface area contributed by atoms with Gasteiger partial charge in [0.25, 0.3) is 0 Å². The fourth-order valence-electron chi connectivity index (χ4n) is 3.29. The van der Waals surface area contributed by atoms with Gasteiger partial charge in [-0.3, -0.25) is 9.59 Å². The Morgan fingerprint density at radius 1 is 1.19 bits per heavy atom. The monoisotopic (exact) mass is 379 g/mol. The third kappa shape index (κ3) is 7.17. The second-order valence-electron chi connectivity index (χ2n) is 7.17. The summed E-state index contributed by atoms with van der Waals surface area (Å²) in [6.07, 6.45) is 2.91. The summed E-state index contributed by atoms with van der Waals surface area (Å²) in [7, 11) is 0. The third-order valence-corrected chi connectivity index (χ3v) is 4.45. The Hall–Kier alpha value is -2.15. The van der Waals surface area contributed by atoms with Crippen LogP contribution in [0.5, 0.6) is 0 Å². The second-order valence-corrected chi connectivity index (χ2v) is 7.17. The van der Waals surface area contributed by atoms with Crippen LogP contribution in [0.4, 0.5) is 15.8 Å². The maximum atomic E-state index is 14.5. The molecular formula is C20H30FN3O3. The zero-order valence-electron chi connectivity index (χ0n) is 16.4. The number of morpholine rings is 1. The van der Waals surface area contributed by atoms with Crippen LogP contribution in [0.25, 0.3) is 0 Å². The van der Waals surface area contributed by atoms with E-state index in [1.165, 1.54) is 13.0 Å². The van der Waals surface area contributed by atoms with Crippen molar-refractivity contribution in [3.8, 4) is 0 Å². The second kappa shape index (κ2) is 10.3. The van der Waals surface area contributed by atoms with E-state index in [2.05, 4.69) is 10.6 Å². The van der Waals surface area contributed by atoms with E-state index in [0.29, 0.717) is 37.4 Å². The number of ether oxygens (including phenoxy) is 1. The molecule has 2 rings (SSSR count). The van der Waals surface area contributed by atoms with Crippen LogP contribution >= 0.6 is 0 Å². The first-order chi connectivity index (χ1) is 12.8. The summed E-state index contributed by atoms with van der Waals surface area (Å²) in [5.41, 5.74) is 1.00. The molecule has 6 nitrogen and oxygen atoms in total. The summed E-state index contributed by atoms with van der Waals surface area (Å²) in [5, 5.41) is 5.47. The number of amides is 2. The number of carbonyl (C=O) groups is 2. The lowest BCUT2D eigenvalue weighted by Crippen LogP contribution is -2.45. The van der Waals surface area contributed by atoms with Crippen molar-refractivity contribution in [3.63, 3.8) is 0 Å². The molecule has 0 saturated carbocycles. The van der Waals surface area contributed by atoms with Gasteiger partial charge in [0.1, 0.15) is 5.82 Å². The molecule has 0 aromatic heterocycles. The highest BCUT2D eigenvalue weighted by Crippen LogP contribution is 2.26. The highest BCUT2D eigenvalue weighted by atomic mass is 19.1. The molecular weight excluding hydrogens is 349 g/mol. The van der Waals surface area contributed by atoms with Gasteiger partial charge in [-0.05, 0) is 44.9 Å². The van der Waals surface area contributed by atoms with Gasteiger partial charge in [0, 0.05) is 38.7 Å². The van der Waals surface area contributed by atoms with Gasteiger partial charge in [-0.15, -0.1) is 0 Å². The van der Waals surface area contributed by atoms with E-state index in [9.17, 15) is 14.0 Å². The highest BCUT2D eigenvalue weighted by molar-refractivity contribution is 5.90. The Bertz CT molecular complexity index is 643. The van der Waals surface area contributed by atoms with E-state index in [1.54, 1.807) is 12.1 Å². The highest BCUT2D eigenvalue weighted by Gasteiger charge is 2.24. The zero-order valence-corrected chi connectivity index (χ0v) is 16.4. The van der Waals surface area contributed by atoms with Crippen LogP contribution in [0.3, 0.4) is 0 Å². The van der Waals surface area contributed by atoms with Crippen LogP contribution in [-0.2, 0) is 14.3 Å². The molecule has 7 heteroatoms. The Morgan fingerprint density at radius 2 is 1.89 bits per heavy atom. The molecule has 0 bridgehead atoms. The van der Waals surface area contributed by atoms with Gasteiger partial charge in [-0.1, -0.05) is 6.42 Å². The number of anilines is 2. The first kappa shape index (κ1) is 21.2. The molecule has 1 aliphatic heterocycles. The minimum atomic E-state index is -0.343. The number of nitrogens with one attached hydrogen (secondary N) is 2. The van der Waals surface area contributed by atoms with E-state index in [4.69, 9.17) is 4.74 Å². The predicted molar refractivity (Wildman–Crippen MR) is 104 cm³/mol. The van der Waals surface area contributed by atoms with Gasteiger partial charge in [0.2, 0.25) is 11.8 Å². The van der Waals surface area contributed by atoms with Crippen molar-refractivity contribution in [1.29, 1.82) is 0 Å². The Labute approximate surface area is 160 Å². The molecule has 1 heterocycles. The van der Waals surface area contributed by atoms with Crippen LogP contribution in [-0.4, -0.2) is 43.7 Å². The van der Waals surface area contributed by atoms with Gasteiger partial charge < -0.3 is 20.3 Å². The number of rotatable bonds is 8. The Balaban J connectivity index is 1.79. The molecule has 0 spiro atoms. The average Bonchev–Trinajstić information content (AvgIpc) is 2.57. The number of hydrogen-bond acceptors (Lipinski definition) is 4. The van der Waals surface area contributed by atoms with E-state index < -0.39 is 0 Å². The number of nitrogens with zero attached hydrogens (tertiary/aromatic N) is 1. The van der Waals surface area contributed by atoms with Gasteiger partial charge >= 0.3 is 0 Å². The summed E-state index contributed by atoms with van der Waals surface area (Å²) >= 11 is 0. The maximum absolute atomic E-state index is 14.5. The van der Waals surface area contributed by atoms with Gasteiger partial charge in [0.05, 0.1) is 17.9 Å². The van der Waals surface area contributed by atoms with Crippen molar-refractivity contribution in [2.24, 2.45) is 0 Å². The quantitative estimate of drug-likeness (QED) is 0.681. The summed E-state index contributed by atoms with van der Waals surface area (Å²) < 4.78 is 20.2. The first-order valence-corrected chi connectivity index (χ1v) is 9.59. The molecule has 0 radical (unpaired) electrons. The maximum Gasteiger partial charge on any atom is 0.224 e. The lowest BCUT2D eigenvalue weighted by atomic mass is 10.1. The molecule has 1 fully saturated rings. The van der Waals surface area contributed by atoms with Crippen LogP contribution < -0.4 is 15.5 Å². The molecule has 150 valence electrons. The predicted octanol–water partition coefficient (Wildman–Crippen LogP) is 3.07. The number of hydrogen-bond donors (Lipinski definition) is 2. The number of carbonyl (C=O) groups excluding carboxylic acids is 2. The Morgan fingerprint density at radius 3 is 2.52 bits per heavy atom. The molecule has 1 saturated heterocycles. The van der Waals surface area contributed by atoms with Crippen molar-refractivity contribution in [1.82, 2.24) is 5.32 Å². The standard InChI is InChI=1S/C20H30FN3O3/c1-14-12-24(13-15(2)27-14)19-9-8-17(11-18(19)21)23-20(26)7-5-4-6-10-22-16(3)25/h8-9,11,14-15H,4-7,10,12-13H2,1-3H3,(H,22,25)(H,23,26). The van der Waals surface area contributed by atoms with Crippen molar-refractivity contribution < 1.29 is 18.7 Å². The molecule has 2 N–H and O–H groups in total. The normalized spacial score (nSPS) is 19.6. The van der Waals surface area contributed by atoms with Crippen LogP contribution in [0.15, 0.2) is 18.2 Å². The summed E-state index contributed by atoms with van der Waals surface area (Å²) in [4.78, 5) is 24.7. The Kier molecular flexibility index (Phi) is 8.03. The molecule has 1 aliphatic rings. The minimum Gasteiger partial charge on any atom is -0.372 e. The molecule has 2 unspecified atom stereocenters. The van der Waals surface area contributed by atoms with Crippen LogP contribution in [0, 0.1) is 5.82 Å². The van der Waals surface area contributed by atoms with Crippen molar-refractivity contribution >= 4 is 23.2 Å². The van der Waals surface area contributed by atoms with E-state index in [1.807, 2.05) is 18.7 Å². The minimum absolute atomic E-state index is 0.0424. The summed E-state index contributed by atoms with van der Waals surface area (Å²) in [5.74, 6) is -0.515. The van der Waals surface area contributed by atoms with Crippen molar-refractivity contribution in [2.45, 2.75) is 58.7 Å². The topological polar surface area (TPSA) is 70.7 Å². The van der Waals surface area contributed by atoms with Gasteiger partial charge in [0.15, 0.2) is 0 Å². The number of halogens is 1.